The molecule has 7 nitrogen and oxygen atoms in total. The largest absolute Gasteiger partial charge is 0.378 e. The van der Waals surface area contributed by atoms with Gasteiger partial charge in [-0.1, -0.05) is 22.0 Å². The van der Waals surface area contributed by atoms with Crippen LogP contribution >= 0.6 is 15.9 Å². The van der Waals surface area contributed by atoms with Crippen molar-refractivity contribution in [2.24, 2.45) is 0 Å². The van der Waals surface area contributed by atoms with Crippen LogP contribution < -0.4 is 10.2 Å². The predicted molar refractivity (Wildman–Crippen MR) is 98.2 cm³/mol. The lowest BCUT2D eigenvalue weighted by atomic mass is 10.1. The lowest BCUT2D eigenvalue weighted by molar-refractivity contribution is -0.384. The van der Waals surface area contributed by atoms with Gasteiger partial charge in [0, 0.05) is 35.4 Å². The Morgan fingerprint density at radius 3 is 2.64 bits per heavy atom. The highest BCUT2D eigenvalue weighted by Gasteiger charge is 2.22. The molecule has 0 aromatic heterocycles. The van der Waals surface area contributed by atoms with Gasteiger partial charge in [-0.3, -0.25) is 14.9 Å². The topological polar surface area (TPSA) is 84.7 Å². The van der Waals surface area contributed by atoms with Crippen LogP contribution in [0.1, 0.15) is 10.4 Å². The first-order chi connectivity index (χ1) is 12.0. The van der Waals surface area contributed by atoms with Crippen LogP contribution in [0.5, 0.6) is 0 Å². The number of hydrogen-bond acceptors (Lipinski definition) is 5. The Kier molecular flexibility index (Phi) is 5.30. The molecule has 0 unspecified atom stereocenters. The van der Waals surface area contributed by atoms with Crippen molar-refractivity contribution in [1.82, 2.24) is 0 Å². The lowest BCUT2D eigenvalue weighted by Crippen LogP contribution is -2.37. The summed E-state index contributed by atoms with van der Waals surface area (Å²) in [5.74, 6) is -0.386. The Hall–Kier alpha value is -2.45. The fourth-order valence-electron chi connectivity index (χ4n) is 2.66. The number of nitrogens with zero attached hydrogens (tertiary/aromatic N) is 2. The van der Waals surface area contributed by atoms with E-state index < -0.39 is 4.92 Å². The van der Waals surface area contributed by atoms with Gasteiger partial charge in [0.2, 0.25) is 0 Å². The third-order valence-electron chi connectivity index (χ3n) is 3.87. The van der Waals surface area contributed by atoms with E-state index in [0.717, 1.165) is 4.47 Å². The second kappa shape index (κ2) is 7.62. The monoisotopic (exact) mass is 405 g/mol. The number of non-ortho nitro benzene ring substituents is 1. The van der Waals surface area contributed by atoms with Crippen molar-refractivity contribution in [3.05, 3.63) is 62.6 Å². The molecule has 0 bridgehead atoms. The van der Waals surface area contributed by atoms with Gasteiger partial charge in [-0.05, 0) is 24.3 Å². The van der Waals surface area contributed by atoms with Crippen LogP contribution in [0.15, 0.2) is 46.9 Å². The second-order valence-corrected chi connectivity index (χ2v) is 6.44. The van der Waals surface area contributed by atoms with Gasteiger partial charge in [0.1, 0.15) is 0 Å². The number of anilines is 2. The van der Waals surface area contributed by atoms with E-state index in [4.69, 9.17) is 4.74 Å². The van der Waals surface area contributed by atoms with Gasteiger partial charge in [-0.15, -0.1) is 0 Å². The first-order valence-electron chi connectivity index (χ1n) is 7.72. The van der Waals surface area contributed by atoms with Gasteiger partial charge in [0.05, 0.1) is 29.4 Å². The first-order valence-corrected chi connectivity index (χ1v) is 8.52. The summed E-state index contributed by atoms with van der Waals surface area (Å²) in [5, 5.41) is 13.9. The molecular weight excluding hydrogens is 390 g/mol. The van der Waals surface area contributed by atoms with Crippen LogP contribution in [-0.2, 0) is 4.74 Å². The minimum atomic E-state index is -0.501. The zero-order valence-corrected chi connectivity index (χ0v) is 14.9. The van der Waals surface area contributed by atoms with Crippen LogP contribution in [0, 0.1) is 10.1 Å². The van der Waals surface area contributed by atoms with E-state index in [-0.39, 0.29) is 17.2 Å². The Labute approximate surface area is 152 Å². The maximum Gasteiger partial charge on any atom is 0.270 e. The van der Waals surface area contributed by atoms with Crippen molar-refractivity contribution in [2.75, 3.05) is 36.5 Å². The molecule has 1 fully saturated rings. The SMILES string of the molecule is O=C(Nc1cccc(Br)c1)c1cc([N+](=O)[O-])ccc1N1CCOCC1. The number of halogens is 1. The number of carbonyl (C=O) groups excluding carboxylic acids is 1. The molecule has 1 amide bonds. The van der Waals surface area contributed by atoms with Gasteiger partial charge in [-0.2, -0.15) is 0 Å². The molecule has 3 rings (SSSR count). The standard InChI is InChI=1S/C17H16BrN3O4/c18-12-2-1-3-13(10-12)19-17(22)15-11-14(21(23)24)4-5-16(15)20-6-8-25-9-7-20/h1-5,10-11H,6-9H2,(H,19,22). The number of hydrogen-bond donors (Lipinski definition) is 1. The summed E-state index contributed by atoms with van der Waals surface area (Å²) in [5.41, 5.74) is 1.44. The van der Waals surface area contributed by atoms with E-state index in [2.05, 4.69) is 21.2 Å². The number of nitro groups is 1. The van der Waals surface area contributed by atoms with Crippen LogP contribution in [0.4, 0.5) is 17.1 Å². The number of ether oxygens (including phenoxy) is 1. The maximum absolute atomic E-state index is 12.8. The third kappa shape index (κ3) is 4.15. The summed E-state index contributed by atoms with van der Waals surface area (Å²) in [6.45, 7) is 2.39. The number of morpholine rings is 1. The molecule has 25 heavy (non-hydrogen) atoms. The smallest absolute Gasteiger partial charge is 0.270 e. The van der Waals surface area contributed by atoms with E-state index in [0.29, 0.717) is 37.7 Å². The second-order valence-electron chi connectivity index (χ2n) is 5.52. The van der Waals surface area contributed by atoms with Crippen LogP contribution in [-0.4, -0.2) is 37.1 Å². The van der Waals surface area contributed by atoms with Crippen molar-refractivity contribution >= 4 is 38.9 Å². The number of carbonyl (C=O) groups is 1. The van der Waals surface area contributed by atoms with E-state index >= 15 is 0 Å². The van der Waals surface area contributed by atoms with Gasteiger partial charge in [0.25, 0.3) is 11.6 Å². The molecule has 2 aromatic rings. The Balaban J connectivity index is 1.94. The molecule has 130 valence electrons. The van der Waals surface area contributed by atoms with E-state index in [1.807, 2.05) is 11.0 Å². The first kappa shape index (κ1) is 17.4. The number of benzene rings is 2. The summed E-state index contributed by atoms with van der Waals surface area (Å²) < 4.78 is 6.17. The molecule has 0 radical (unpaired) electrons. The van der Waals surface area contributed by atoms with E-state index in [1.54, 1.807) is 24.3 Å². The zero-order chi connectivity index (χ0) is 17.8. The quantitative estimate of drug-likeness (QED) is 0.621. The van der Waals surface area contributed by atoms with Gasteiger partial charge >= 0.3 is 0 Å². The van der Waals surface area contributed by atoms with Crippen molar-refractivity contribution in [2.45, 2.75) is 0 Å². The summed E-state index contributed by atoms with van der Waals surface area (Å²) in [4.78, 5) is 25.4. The molecule has 1 heterocycles. The highest BCUT2D eigenvalue weighted by atomic mass is 79.9. The summed E-state index contributed by atoms with van der Waals surface area (Å²) in [6, 6.07) is 11.5. The number of amides is 1. The van der Waals surface area contributed by atoms with Crippen molar-refractivity contribution in [3.63, 3.8) is 0 Å². The van der Waals surface area contributed by atoms with Crippen molar-refractivity contribution in [1.29, 1.82) is 0 Å². The molecular formula is C17H16BrN3O4. The molecule has 1 saturated heterocycles. The Morgan fingerprint density at radius 1 is 1.20 bits per heavy atom. The van der Waals surface area contributed by atoms with Gasteiger partial charge < -0.3 is 15.0 Å². The Morgan fingerprint density at radius 2 is 1.96 bits per heavy atom. The summed E-state index contributed by atoms with van der Waals surface area (Å²) >= 11 is 3.35. The van der Waals surface area contributed by atoms with Crippen molar-refractivity contribution in [3.8, 4) is 0 Å². The fourth-order valence-corrected chi connectivity index (χ4v) is 3.06. The molecule has 0 saturated carbocycles. The number of nitro benzene ring substituents is 1. The summed E-state index contributed by atoms with van der Waals surface area (Å²) in [7, 11) is 0. The minimum Gasteiger partial charge on any atom is -0.378 e. The van der Waals surface area contributed by atoms with Crippen molar-refractivity contribution < 1.29 is 14.5 Å². The third-order valence-corrected chi connectivity index (χ3v) is 4.36. The van der Waals surface area contributed by atoms with E-state index in [1.165, 1.54) is 12.1 Å². The molecule has 1 N–H and O–H groups in total. The molecule has 2 aromatic carbocycles. The molecule has 1 aliphatic rings. The highest BCUT2D eigenvalue weighted by Crippen LogP contribution is 2.27. The number of nitrogens with one attached hydrogen (secondary N) is 1. The Bertz CT molecular complexity index is 806. The fraction of sp³-hybridized carbons (Fsp3) is 0.235. The molecule has 8 heteroatoms. The van der Waals surface area contributed by atoms with Crippen LogP contribution in [0.3, 0.4) is 0 Å². The van der Waals surface area contributed by atoms with Gasteiger partial charge in [-0.25, -0.2) is 0 Å². The highest BCUT2D eigenvalue weighted by molar-refractivity contribution is 9.10. The average molecular weight is 406 g/mol. The maximum atomic E-state index is 12.8. The molecule has 1 aliphatic heterocycles. The zero-order valence-electron chi connectivity index (χ0n) is 13.3. The normalized spacial score (nSPS) is 14.2. The minimum absolute atomic E-state index is 0.114. The molecule has 0 spiro atoms. The number of rotatable bonds is 4. The van der Waals surface area contributed by atoms with Crippen LogP contribution in [0.2, 0.25) is 0 Å². The van der Waals surface area contributed by atoms with E-state index in [9.17, 15) is 14.9 Å². The predicted octanol–water partition coefficient (Wildman–Crippen LogP) is 3.45. The molecule has 0 aliphatic carbocycles. The summed E-state index contributed by atoms with van der Waals surface area (Å²) in [6.07, 6.45) is 0. The van der Waals surface area contributed by atoms with Gasteiger partial charge in [0.15, 0.2) is 0 Å². The lowest BCUT2D eigenvalue weighted by Gasteiger charge is -2.30. The molecule has 0 atom stereocenters. The average Bonchev–Trinajstić information content (AvgIpc) is 2.62. The van der Waals surface area contributed by atoms with Crippen LogP contribution in [0.25, 0.3) is 0 Å².